The van der Waals surface area contributed by atoms with E-state index in [4.69, 9.17) is 9.47 Å². The average molecular weight is 611 g/mol. The van der Waals surface area contributed by atoms with Gasteiger partial charge in [0.1, 0.15) is 29.1 Å². The zero-order valence-electron chi connectivity index (χ0n) is 20.2. The Balaban J connectivity index is 1.76. The number of halogens is 1. The maximum Gasteiger partial charge on any atom is 0.377 e. The van der Waals surface area contributed by atoms with Crippen LogP contribution >= 0.6 is 27.3 Å². The normalized spacial score (nSPS) is 25.1. The number of amides is 1. The highest BCUT2D eigenvalue weighted by atomic mass is 79.9. The van der Waals surface area contributed by atoms with Crippen LogP contribution in [-0.4, -0.2) is 85.2 Å². The molecule has 0 radical (unpaired) electrons. The van der Waals surface area contributed by atoms with Crippen molar-refractivity contribution in [3.05, 3.63) is 46.9 Å². The number of carbonyl (C=O) groups excluding carboxylic acids is 1. The van der Waals surface area contributed by atoms with Crippen LogP contribution < -0.4 is 10.1 Å². The van der Waals surface area contributed by atoms with Gasteiger partial charge in [0.2, 0.25) is 5.91 Å². The first-order valence-electron chi connectivity index (χ1n) is 11.8. The quantitative estimate of drug-likeness (QED) is 0.208. The fourth-order valence-electron chi connectivity index (χ4n) is 4.21. The number of hydrogen-bond donors (Lipinski definition) is 6. The Morgan fingerprint density at radius 1 is 1.29 bits per heavy atom. The number of hydrogen-bond acceptors (Lipinski definition) is 10. The number of carbonyl (C=O) groups is 2. The first-order valence-corrected chi connectivity index (χ1v) is 13.4. The van der Waals surface area contributed by atoms with Gasteiger partial charge in [-0.1, -0.05) is 35.0 Å². The van der Waals surface area contributed by atoms with Gasteiger partial charge in [-0.2, -0.15) is 0 Å². The molecule has 2 heterocycles. The molecule has 1 amide bonds. The maximum atomic E-state index is 12.6. The number of aliphatic hydroxyl groups is 4. The summed E-state index contributed by atoms with van der Waals surface area (Å²) >= 11 is 4.78. The molecule has 1 saturated heterocycles. The second-order valence-corrected chi connectivity index (χ2v) is 10.8. The SMILES string of the molecule is CCC(=O)N[C@H]1[C@H]([C@H](O)[C@H](O)CO)O[C@@](Oc2ccc(Br)cc2-c2nc3ccccc3s2)(C(=O)O)C[C@@H]1O. The Morgan fingerprint density at radius 2 is 2.03 bits per heavy atom. The number of fused-ring (bicyclic) bond motifs is 1. The van der Waals surface area contributed by atoms with Crippen molar-refractivity contribution < 1.29 is 44.6 Å². The topological polar surface area (TPSA) is 179 Å². The van der Waals surface area contributed by atoms with Crippen molar-refractivity contribution in [3.63, 3.8) is 0 Å². The number of rotatable bonds is 9. The van der Waals surface area contributed by atoms with Crippen LogP contribution in [0.1, 0.15) is 19.8 Å². The first-order chi connectivity index (χ1) is 18.1. The van der Waals surface area contributed by atoms with Crippen molar-refractivity contribution in [2.24, 2.45) is 0 Å². The summed E-state index contributed by atoms with van der Waals surface area (Å²) in [6.07, 6.45) is -7.39. The number of benzene rings is 2. The molecule has 38 heavy (non-hydrogen) atoms. The number of carboxylic acid groups (broad SMARTS) is 1. The molecule has 1 aromatic heterocycles. The summed E-state index contributed by atoms with van der Waals surface area (Å²) in [6, 6.07) is 11.0. The fourth-order valence-corrected chi connectivity index (χ4v) is 5.56. The number of aliphatic carboxylic acids is 1. The number of para-hydroxylation sites is 1. The number of thiazole rings is 1. The lowest BCUT2D eigenvalue weighted by atomic mass is 9.88. The van der Waals surface area contributed by atoms with E-state index in [-0.39, 0.29) is 12.2 Å². The van der Waals surface area contributed by atoms with E-state index in [9.17, 15) is 35.1 Å². The summed E-state index contributed by atoms with van der Waals surface area (Å²) in [7, 11) is 0. The predicted octanol–water partition coefficient (Wildman–Crippen LogP) is 1.64. The highest BCUT2D eigenvalue weighted by Gasteiger charge is 2.57. The van der Waals surface area contributed by atoms with Crippen molar-refractivity contribution in [1.82, 2.24) is 10.3 Å². The molecule has 6 N–H and O–H groups in total. The van der Waals surface area contributed by atoms with E-state index < -0.39 is 61.1 Å². The number of nitrogens with zero attached hydrogens (tertiary/aromatic N) is 1. The number of aliphatic hydroxyl groups excluding tert-OH is 4. The fraction of sp³-hybridized carbons (Fsp3) is 0.400. The molecule has 13 heteroatoms. The van der Waals surface area contributed by atoms with Gasteiger partial charge in [0.15, 0.2) is 0 Å². The second kappa shape index (κ2) is 11.6. The third-order valence-electron chi connectivity index (χ3n) is 6.21. The van der Waals surface area contributed by atoms with Crippen molar-refractivity contribution in [2.45, 2.75) is 56.0 Å². The molecule has 0 aliphatic carbocycles. The molecule has 1 fully saturated rings. The van der Waals surface area contributed by atoms with E-state index in [2.05, 4.69) is 26.2 Å². The van der Waals surface area contributed by atoms with E-state index in [1.54, 1.807) is 19.1 Å². The number of aromatic nitrogens is 1. The molecule has 2 aromatic carbocycles. The van der Waals surface area contributed by atoms with Gasteiger partial charge in [-0.15, -0.1) is 11.3 Å². The molecular weight excluding hydrogens is 584 g/mol. The lowest BCUT2D eigenvalue weighted by Crippen LogP contribution is -2.68. The molecular formula is C25H27BrN2O9S. The zero-order valence-corrected chi connectivity index (χ0v) is 22.6. The largest absolute Gasteiger partial charge is 0.476 e. The van der Waals surface area contributed by atoms with Gasteiger partial charge < -0.3 is 40.3 Å². The summed E-state index contributed by atoms with van der Waals surface area (Å²) < 4.78 is 13.3. The Hall–Kier alpha value is -2.65. The molecule has 0 bridgehead atoms. The Morgan fingerprint density at radius 3 is 2.68 bits per heavy atom. The second-order valence-electron chi connectivity index (χ2n) is 8.83. The zero-order chi connectivity index (χ0) is 27.6. The molecule has 6 atom stereocenters. The molecule has 4 rings (SSSR count). The molecule has 204 valence electrons. The van der Waals surface area contributed by atoms with E-state index in [0.29, 0.717) is 15.0 Å². The van der Waals surface area contributed by atoms with Gasteiger partial charge in [0, 0.05) is 10.9 Å². The Labute approximate surface area is 229 Å². The van der Waals surface area contributed by atoms with E-state index >= 15 is 0 Å². The predicted molar refractivity (Wildman–Crippen MR) is 141 cm³/mol. The van der Waals surface area contributed by atoms with Gasteiger partial charge in [-0.05, 0) is 30.3 Å². The van der Waals surface area contributed by atoms with Crippen LogP contribution in [0.2, 0.25) is 0 Å². The van der Waals surface area contributed by atoms with Crippen LogP contribution in [0.15, 0.2) is 46.9 Å². The first kappa shape index (κ1) is 28.4. The van der Waals surface area contributed by atoms with E-state index in [0.717, 1.165) is 10.2 Å². The standard InChI is InChI=1S/C25H27BrN2O9S/c1-2-19(32)28-20-15(30)10-25(24(34)35,37-22(20)21(33)16(31)11-29)36-17-8-7-12(26)9-13(17)23-27-14-5-3-4-6-18(14)38-23/h3-9,15-16,20-22,29-31,33H,2,10-11H2,1H3,(H,28,32)(H,34,35)/t15-,16+,20+,21+,22+,25+/m0/s1. The summed E-state index contributed by atoms with van der Waals surface area (Å²) in [4.78, 5) is 29.3. The van der Waals surface area contributed by atoms with Crippen LogP contribution in [0.3, 0.4) is 0 Å². The van der Waals surface area contributed by atoms with Crippen LogP contribution in [0, 0.1) is 0 Å². The Bertz CT molecular complexity index is 1290. The van der Waals surface area contributed by atoms with Crippen LogP contribution in [-0.2, 0) is 14.3 Å². The minimum Gasteiger partial charge on any atom is -0.476 e. The smallest absolute Gasteiger partial charge is 0.377 e. The molecule has 1 aliphatic rings. The summed E-state index contributed by atoms with van der Waals surface area (Å²) in [6.45, 7) is 0.697. The molecule has 0 unspecified atom stereocenters. The van der Waals surface area contributed by atoms with Gasteiger partial charge in [0.25, 0.3) is 0 Å². The number of nitrogens with one attached hydrogen (secondary N) is 1. The third-order valence-corrected chi connectivity index (χ3v) is 7.77. The van der Waals surface area contributed by atoms with Gasteiger partial charge >= 0.3 is 11.8 Å². The van der Waals surface area contributed by atoms with E-state index in [1.165, 1.54) is 17.4 Å². The summed E-state index contributed by atoms with van der Waals surface area (Å²) in [5.74, 6) is -4.55. The summed E-state index contributed by atoms with van der Waals surface area (Å²) in [5, 5.41) is 54.4. The van der Waals surface area contributed by atoms with Crippen LogP contribution in [0.4, 0.5) is 0 Å². The molecule has 11 nitrogen and oxygen atoms in total. The average Bonchev–Trinajstić information content (AvgIpc) is 3.34. The summed E-state index contributed by atoms with van der Waals surface area (Å²) in [5.41, 5.74) is 1.19. The number of carboxylic acids is 1. The van der Waals surface area contributed by atoms with Crippen LogP contribution in [0.5, 0.6) is 5.75 Å². The van der Waals surface area contributed by atoms with Crippen molar-refractivity contribution in [3.8, 4) is 16.3 Å². The van der Waals surface area contributed by atoms with Crippen LogP contribution in [0.25, 0.3) is 20.8 Å². The lowest BCUT2D eigenvalue weighted by molar-refractivity contribution is -0.284. The lowest BCUT2D eigenvalue weighted by Gasteiger charge is -2.46. The molecule has 1 aliphatic heterocycles. The molecule has 0 spiro atoms. The minimum absolute atomic E-state index is 0.0413. The van der Waals surface area contributed by atoms with Crippen molar-refractivity contribution >= 4 is 49.4 Å². The highest BCUT2D eigenvalue weighted by molar-refractivity contribution is 9.10. The third kappa shape index (κ3) is 5.69. The van der Waals surface area contributed by atoms with Gasteiger partial charge in [-0.3, -0.25) is 4.79 Å². The highest BCUT2D eigenvalue weighted by Crippen LogP contribution is 2.41. The molecule has 0 saturated carbocycles. The molecule has 3 aromatic rings. The van der Waals surface area contributed by atoms with Crippen molar-refractivity contribution in [2.75, 3.05) is 6.61 Å². The Kier molecular flexibility index (Phi) is 8.67. The minimum atomic E-state index is -2.52. The van der Waals surface area contributed by atoms with E-state index in [1.807, 2.05) is 24.3 Å². The van der Waals surface area contributed by atoms with Crippen molar-refractivity contribution in [1.29, 1.82) is 0 Å². The van der Waals surface area contributed by atoms with Gasteiger partial charge in [0.05, 0.1) is 41.0 Å². The maximum absolute atomic E-state index is 12.6. The number of ether oxygens (including phenoxy) is 2. The monoisotopic (exact) mass is 610 g/mol. The van der Waals surface area contributed by atoms with Gasteiger partial charge in [-0.25, -0.2) is 9.78 Å².